The van der Waals surface area contributed by atoms with Gasteiger partial charge in [-0.3, -0.25) is 0 Å². The lowest BCUT2D eigenvalue weighted by atomic mass is 10.2. The van der Waals surface area contributed by atoms with Gasteiger partial charge < -0.3 is 4.57 Å². The summed E-state index contributed by atoms with van der Waals surface area (Å²) in [5.74, 6) is 1.21. The van der Waals surface area contributed by atoms with E-state index < -0.39 is 0 Å². The van der Waals surface area contributed by atoms with Gasteiger partial charge in [-0.2, -0.15) is 0 Å². The van der Waals surface area contributed by atoms with E-state index in [0.717, 1.165) is 13.0 Å². The van der Waals surface area contributed by atoms with Crippen LogP contribution in [0.15, 0.2) is 12.4 Å². The summed E-state index contributed by atoms with van der Waals surface area (Å²) in [5.41, 5.74) is 0. The maximum atomic E-state index is 4.28. The van der Waals surface area contributed by atoms with Crippen molar-refractivity contribution in [1.29, 1.82) is 0 Å². The van der Waals surface area contributed by atoms with Gasteiger partial charge in [-0.05, 0) is 6.42 Å². The van der Waals surface area contributed by atoms with Crippen LogP contribution < -0.4 is 0 Å². The van der Waals surface area contributed by atoms with Gasteiger partial charge in [-0.1, -0.05) is 26.7 Å². The maximum absolute atomic E-state index is 4.28. The largest absolute Gasteiger partial charge is 0.335 e. The second-order valence-corrected chi connectivity index (χ2v) is 3.10. The first-order valence-corrected chi connectivity index (χ1v) is 4.88. The first-order valence-electron chi connectivity index (χ1n) is 4.88. The molecule has 0 aromatic carbocycles. The SMILES string of the molecule is CCCCCn1ccnc1CC. The van der Waals surface area contributed by atoms with E-state index in [4.69, 9.17) is 0 Å². The van der Waals surface area contributed by atoms with Crippen LogP contribution >= 0.6 is 0 Å². The first-order chi connectivity index (χ1) is 5.88. The number of aryl methyl sites for hydroxylation is 2. The van der Waals surface area contributed by atoms with Gasteiger partial charge in [0.25, 0.3) is 0 Å². The van der Waals surface area contributed by atoms with Crippen molar-refractivity contribution in [3.8, 4) is 0 Å². The smallest absolute Gasteiger partial charge is 0.108 e. The molecule has 1 heterocycles. The van der Waals surface area contributed by atoms with Crippen LogP contribution in [0.25, 0.3) is 0 Å². The van der Waals surface area contributed by atoms with E-state index in [1.165, 1.54) is 25.1 Å². The third-order valence-electron chi connectivity index (χ3n) is 2.12. The maximum Gasteiger partial charge on any atom is 0.108 e. The number of hydrogen-bond acceptors (Lipinski definition) is 1. The Bertz CT molecular complexity index is 215. The molecule has 0 unspecified atom stereocenters. The summed E-state index contributed by atoms with van der Waals surface area (Å²) < 4.78 is 2.26. The Kier molecular flexibility index (Phi) is 3.85. The van der Waals surface area contributed by atoms with Gasteiger partial charge in [0, 0.05) is 25.4 Å². The fraction of sp³-hybridized carbons (Fsp3) is 0.700. The number of aromatic nitrogens is 2. The number of rotatable bonds is 5. The Labute approximate surface area is 74.6 Å². The Hall–Kier alpha value is -0.790. The van der Waals surface area contributed by atoms with Gasteiger partial charge in [0.2, 0.25) is 0 Å². The molecule has 0 aliphatic heterocycles. The van der Waals surface area contributed by atoms with Crippen molar-refractivity contribution in [1.82, 2.24) is 9.55 Å². The Morgan fingerprint density at radius 1 is 1.33 bits per heavy atom. The molecule has 0 atom stereocenters. The van der Waals surface area contributed by atoms with E-state index in [1.807, 2.05) is 6.20 Å². The van der Waals surface area contributed by atoms with Gasteiger partial charge in [0.15, 0.2) is 0 Å². The normalized spacial score (nSPS) is 10.5. The molecule has 0 amide bonds. The Morgan fingerprint density at radius 2 is 2.17 bits per heavy atom. The Morgan fingerprint density at radius 3 is 2.83 bits per heavy atom. The van der Waals surface area contributed by atoms with E-state index in [9.17, 15) is 0 Å². The molecule has 1 aromatic rings. The lowest BCUT2D eigenvalue weighted by Crippen LogP contribution is -2.01. The predicted molar refractivity (Wildman–Crippen MR) is 51.1 cm³/mol. The number of imidazole rings is 1. The second kappa shape index (κ2) is 4.96. The zero-order chi connectivity index (χ0) is 8.81. The molecule has 0 radical (unpaired) electrons. The highest BCUT2D eigenvalue weighted by molar-refractivity contribution is 4.91. The van der Waals surface area contributed by atoms with Gasteiger partial charge in [0.05, 0.1) is 0 Å². The number of unbranched alkanes of at least 4 members (excludes halogenated alkanes) is 2. The van der Waals surface area contributed by atoms with Crippen LogP contribution in [0.5, 0.6) is 0 Å². The fourth-order valence-electron chi connectivity index (χ4n) is 1.39. The molecular formula is C10H18N2. The van der Waals surface area contributed by atoms with E-state index >= 15 is 0 Å². The summed E-state index contributed by atoms with van der Waals surface area (Å²) in [5, 5.41) is 0. The standard InChI is InChI=1S/C10H18N2/c1-3-5-6-8-12-9-7-11-10(12)4-2/h7,9H,3-6,8H2,1-2H3. The molecule has 0 bridgehead atoms. The van der Waals surface area contributed by atoms with Crippen LogP contribution in [0.4, 0.5) is 0 Å². The van der Waals surface area contributed by atoms with Crippen molar-refractivity contribution in [3.63, 3.8) is 0 Å². The van der Waals surface area contributed by atoms with E-state index in [-0.39, 0.29) is 0 Å². The van der Waals surface area contributed by atoms with E-state index in [1.54, 1.807) is 0 Å². The minimum absolute atomic E-state index is 1.04. The molecule has 0 N–H and O–H groups in total. The first kappa shape index (κ1) is 9.30. The van der Waals surface area contributed by atoms with Crippen LogP contribution in [-0.4, -0.2) is 9.55 Å². The van der Waals surface area contributed by atoms with Crippen LogP contribution in [-0.2, 0) is 13.0 Å². The van der Waals surface area contributed by atoms with Gasteiger partial charge in [0.1, 0.15) is 5.82 Å². The highest BCUT2D eigenvalue weighted by Crippen LogP contribution is 2.02. The molecule has 0 spiro atoms. The molecule has 2 nitrogen and oxygen atoms in total. The summed E-state index contributed by atoms with van der Waals surface area (Å²) in [4.78, 5) is 4.28. The molecule has 0 saturated heterocycles. The van der Waals surface area contributed by atoms with Crippen molar-refractivity contribution >= 4 is 0 Å². The van der Waals surface area contributed by atoms with E-state index in [0.29, 0.717) is 0 Å². The summed E-state index contributed by atoms with van der Waals surface area (Å²) in [6.45, 7) is 5.52. The zero-order valence-electron chi connectivity index (χ0n) is 8.08. The third kappa shape index (κ3) is 2.36. The third-order valence-corrected chi connectivity index (χ3v) is 2.12. The summed E-state index contributed by atoms with van der Waals surface area (Å²) in [6, 6.07) is 0. The molecule has 12 heavy (non-hydrogen) atoms. The van der Waals surface area contributed by atoms with Gasteiger partial charge in [-0.15, -0.1) is 0 Å². The van der Waals surface area contributed by atoms with Crippen LogP contribution in [0, 0.1) is 0 Å². The number of nitrogens with zero attached hydrogens (tertiary/aromatic N) is 2. The molecule has 0 saturated carbocycles. The number of hydrogen-bond donors (Lipinski definition) is 0. The minimum atomic E-state index is 1.04. The average Bonchev–Trinajstić information content (AvgIpc) is 2.52. The second-order valence-electron chi connectivity index (χ2n) is 3.10. The van der Waals surface area contributed by atoms with Crippen LogP contribution in [0.2, 0.25) is 0 Å². The monoisotopic (exact) mass is 166 g/mol. The highest BCUT2D eigenvalue weighted by atomic mass is 15.1. The predicted octanol–water partition coefficient (Wildman–Crippen LogP) is 2.64. The zero-order valence-corrected chi connectivity index (χ0v) is 8.08. The topological polar surface area (TPSA) is 17.8 Å². The summed E-state index contributed by atoms with van der Waals surface area (Å²) >= 11 is 0. The highest BCUT2D eigenvalue weighted by Gasteiger charge is 1.97. The fourth-order valence-corrected chi connectivity index (χ4v) is 1.39. The molecule has 2 heteroatoms. The van der Waals surface area contributed by atoms with Crippen molar-refractivity contribution in [3.05, 3.63) is 18.2 Å². The molecule has 1 aromatic heterocycles. The van der Waals surface area contributed by atoms with Crippen molar-refractivity contribution < 1.29 is 0 Å². The van der Waals surface area contributed by atoms with Crippen LogP contribution in [0.3, 0.4) is 0 Å². The average molecular weight is 166 g/mol. The quantitative estimate of drug-likeness (QED) is 0.615. The van der Waals surface area contributed by atoms with Gasteiger partial charge >= 0.3 is 0 Å². The van der Waals surface area contributed by atoms with Crippen molar-refractivity contribution in [2.24, 2.45) is 0 Å². The summed E-state index contributed by atoms with van der Waals surface area (Å²) in [7, 11) is 0. The molecule has 0 aliphatic carbocycles. The van der Waals surface area contributed by atoms with Crippen molar-refractivity contribution in [2.45, 2.75) is 46.1 Å². The molecule has 0 fully saturated rings. The van der Waals surface area contributed by atoms with Gasteiger partial charge in [-0.25, -0.2) is 4.98 Å². The molecule has 1 rings (SSSR count). The summed E-state index contributed by atoms with van der Waals surface area (Å²) in [6.07, 6.45) is 8.90. The molecule has 68 valence electrons. The Balaban J connectivity index is 2.39. The molecule has 0 aliphatic rings. The van der Waals surface area contributed by atoms with E-state index in [2.05, 4.69) is 29.6 Å². The lowest BCUT2D eigenvalue weighted by Gasteiger charge is -2.04. The molecular weight excluding hydrogens is 148 g/mol. The lowest BCUT2D eigenvalue weighted by molar-refractivity contribution is 0.582. The van der Waals surface area contributed by atoms with Crippen molar-refractivity contribution in [2.75, 3.05) is 0 Å². The van der Waals surface area contributed by atoms with Crippen LogP contribution in [0.1, 0.15) is 38.9 Å². The minimum Gasteiger partial charge on any atom is -0.335 e.